The minimum absolute atomic E-state index is 0.273. The summed E-state index contributed by atoms with van der Waals surface area (Å²) in [6.07, 6.45) is 6.66. The van der Waals surface area contributed by atoms with Crippen LogP contribution >= 0.6 is 0 Å². The Hall–Kier alpha value is -0.620. The van der Waals surface area contributed by atoms with E-state index >= 15 is 0 Å². The third-order valence-electron chi connectivity index (χ3n) is 2.84. The fraction of sp³-hybridized carbons (Fsp3) is 0.900. The van der Waals surface area contributed by atoms with Crippen LogP contribution in [-0.2, 0) is 4.79 Å². The minimum Gasteiger partial charge on any atom is -0.211 e. The van der Waals surface area contributed by atoms with Crippen molar-refractivity contribution >= 4 is 6.08 Å². The van der Waals surface area contributed by atoms with Gasteiger partial charge in [0.1, 0.15) is 0 Å². The molecule has 2 nitrogen and oxygen atoms in total. The van der Waals surface area contributed by atoms with Crippen LogP contribution < -0.4 is 0 Å². The van der Waals surface area contributed by atoms with Crippen molar-refractivity contribution in [2.24, 2.45) is 16.3 Å². The van der Waals surface area contributed by atoms with Crippen molar-refractivity contribution in [3.8, 4) is 0 Å². The smallest absolute Gasteiger partial charge is 0.211 e. The van der Waals surface area contributed by atoms with Crippen molar-refractivity contribution in [2.45, 2.75) is 39.5 Å². The molecule has 0 bridgehead atoms. The van der Waals surface area contributed by atoms with Crippen molar-refractivity contribution in [3.05, 3.63) is 0 Å². The van der Waals surface area contributed by atoms with Crippen molar-refractivity contribution in [1.29, 1.82) is 0 Å². The summed E-state index contributed by atoms with van der Waals surface area (Å²) in [5.41, 5.74) is 0.273. The van der Waals surface area contributed by atoms with Gasteiger partial charge in [-0.3, -0.25) is 0 Å². The van der Waals surface area contributed by atoms with Gasteiger partial charge in [-0.05, 0) is 24.2 Å². The van der Waals surface area contributed by atoms with Crippen molar-refractivity contribution in [1.82, 2.24) is 0 Å². The van der Waals surface area contributed by atoms with E-state index in [9.17, 15) is 4.79 Å². The van der Waals surface area contributed by atoms with Crippen LogP contribution in [0.5, 0.6) is 0 Å². The lowest BCUT2D eigenvalue weighted by atomic mass is 9.71. The highest BCUT2D eigenvalue weighted by atomic mass is 16.1. The maximum absolute atomic E-state index is 9.98. The summed E-state index contributed by atoms with van der Waals surface area (Å²) in [5, 5.41) is 0. The molecule has 0 heterocycles. The van der Waals surface area contributed by atoms with Crippen LogP contribution in [-0.4, -0.2) is 12.6 Å². The third-order valence-corrected chi connectivity index (χ3v) is 2.84. The maximum Gasteiger partial charge on any atom is 0.234 e. The van der Waals surface area contributed by atoms with Crippen LogP contribution in [0.3, 0.4) is 0 Å². The summed E-state index contributed by atoms with van der Waals surface area (Å²) in [6, 6.07) is 0. The van der Waals surface area contributed by atoms with E-state index in [-0.39, 0.29) is 5.41 Å². The molecule has 12 heavy (non-hydrogen) atoms. The van der Waals surface area contributed by atoms with E-state index < -0.39 is 0 Å². The predicted molar refractivity (Wildman–Crippen MR) is 48.7 cm³/mol. The lowest BCUT2D eigenvalue weighted by molar-refractivity contribution is 0.178. The largest absolute Gasteiger partial charge is 0.234 e. The van der Waals surface area contributed by atoms with E-state index in [0.717, 1.165) is 5.92 Å². The second-order valence-corrected chi connectivity index (χ2v) is 4.42. The molecule has 0 aromatic rings. The van der Waals surface area contributed by atoms with Gasteiger partial charge in [-0.1, -0.05) is 26.7 Å². The molecule has 0 N–H and O–H groups in total. The average Bonchev–Trinajstić information content (AvgIpc) is 2.01. The summed E-state index contributed by atoms with van der Waals surface area (Å²) < 4.78 is 0. The third kappa shape index (κ3) is 2.46. The van der Waals surface area contributed by atoms with Crippen LogP contribution in [0.25, 0.3) is 0 Å². The van der Waals surface area contributed by atoms with Gasteiger partial charge >= 0.3 is 0 Å². The highest BCUT2D eigenvalue weighted by Gasteiger charge is 2.29. The summed E-state index contributed by atoms with van der Waals surface area (Å²) in [7, 11) is 0. The van der Waals surface area contributed by atoms with Crippen LogP contribution in [0.15, 0.2) is 4.99 Å². The van der Waals surface area contributed by atoms with Gasteiger partial charge in [0, 0.05) is 0 Å². The normalized spacial score (nSPS) is 35.7. The summed E-state index contributed by atoms with van der Waals surface area (Å²) in [5.74, 6) is 0.797. The highest BCUT2D eigenvalue weighted by Crippen LogP contribution is 2.38. The van der Waals surface area contributed by atoms with Gasteiger partial charge in [-0.25, -0.2) is 9.79 Å². The Morgan fingerprint density at radius 2 is 2.42 bits per heavy atom. The number of carbonyl (C=O) groups excluding carboxylic acids is 1. The average molecular weight is 167 g/mol. The molecule has 68 valence electrons. The standard InChI is InChI=1S/C10H17NO/c1-9-4-3-5-10(2,6-9)7-11-8-12/h9H,3-7H2,1-2H3. The van der Waals surface area contributed by atoms with Gasteiger partial charge in [0.2, 0.25) is 6.08 Å². The number of isocyanates is 1. The number of rotatable bonds is 2. The molecule has 0 radical (unpaired) electrons. The Morgan fingerprint density at radius 1 is 1.67 bits per heavy atom. The van der Waals surface area contributed by atoms with Crippen LogP contribution in [0.1, 0.15) is 39.5 Å². The number of nitrogens with zero attached hydrogens (tertiary/aromatic N) is 1. The van der Waals surface area contributed by atoms with E-state index in [0.29, 0.717) is 6.54 Å². The van der Waals surface area contributed by atoms with Crippen molar-refractivity contribution < 1.29 is 4.79 Å². The Morgan fingerprint density at radius 3 is 3.00 bits per heavy atom. The zero-order valence-corrected chi connectivity index (χ0v) is 7.97. The van der Waals surface area contributed by atoms with Gasteiger partial charge in [0.05, 0.1) is 6.54 Å². The molecular weight excluding hydrogens is 150 g/mol. The molecule has 1 rings (SSSR count). The highest BCUT2D eigenvalue weighted by molar-refractivity contribution is 5.33. The van der Waals surface area contributed by atoms with Crippen LogP contribution in [0.2, 0.25) is 0 Å². The van der Waals surface area contributed by atoms with E-state index in [1.165, 1.54) is 25.7 Å². The zero-order valence-electron chi connectivity index (χ0n) is 7.97. The molecule has 0 amide bonds. The lowest BCUT2D eigenvalue weighted by Gasteiger charge is -2.35. The summed E-state index contributed by atoms with van der Waals surface area (Å²) in [6.45, 7) is 5.17. The van der Waals surface area contributed by atoms with Crippen molar-refractivity contribution in [2.75, 3.05) is 6.54 Å². The number of hydrogen-bond donors (Lipinski definition) is 0. The molecule has 1 aliphatic carbocycles. The molecule has 1 saturated carbocycles. The zero-order chi connectivity index (χ0) is 9.03. The first-order valence-corrected chi connectivity index (χ1v) is 4.70. The van der Waals surface area contributed by atoms with Gasteiger partial charge < -0.3 is 0 Å². The Bertz CT molecular complexity index is 196. The first-order valence-electron chi connectivity index (χ1n) is 4.70. The molecule has 0 aromatic carbocycles. The number of aliphatic imine (C=N–C) groups is 1. The Labute approximate surface area is 74.1 Å². The van der Waals surface area contributed by atoms with E-state index in [4.69, 9.17) is 0 Å². The Balaban J connectivity index is 2.50. The quantitative estimate of drug-likeness (QED) is 0.459. The topological polar surface area (TPSA) is 29.4 Å². The van der Waals surface area contributed by atoms with Gasteiger partial charge in [-0.15, -0.1) is 0 Å². The summed E-state index contributed by atoms with van der Waals surface area (Å²) >= 11 is 0. The molecule has 1 fully saturated rings. The van der Waals surface area contributed by atoms with E-state index in [2.05, 4.69) is 18.8 Å². The second kappa shape index (κ2) is 3.86. The summed E-state index contributed by atoms with van der Waals surface area (Å²) in [4.78, 5) is 13.7. The monoisotopic (exact) mass is 167 g/mol. The first-order chi connectivity index (χ1) is 5.66. The minimum atomic E-state index is 0.273. The first kappa shape index (κ1) is 9.47. The molecule has 2 unspecified atom stereocenters. The van der Waals surface area contributed by atoms with Gasteiger partial charge in [0.25, 0.3) is 0 Å². The fourth-order valence-corrected chi connectivity index (χ4v) is 2.29. The molecule has 0 aliphatic heterocycles. The van der Waals surface area contributed by atoms with Crippen molar-refractivity contribution in [3.63, 3.8) is 0 Å². The molecular formula is C10H17NO. The molecule has 0 aromatic heterocycles. The van der Waals surface area contributed by atoms with Crippen LogP contribution in [0, 0.1) is 11.3 Å². The SMILES string of the molecule is CC1CCCC(C)(CN=C=O)C1. The molecule has 0 saturated heterocycles. The number of hydrogen-bond acceptors (Lipinski definition) is 2. The van der Waals surface area contributed by atoms with Gasteiger partial charge in [0.15, 0.2) is 0 Å². The lowest BCUT2D eigenvalue weighted by Crippen LogP contribution is -2.27. The van der Waals surface area contributed by atoms with E-state index in [1.54, 1.807) is 6.08 Å². The maximum atomic E-state index is 9.98. The molecule has 2 atom stereocenters. The molecule has 2 heteroatoms. The second-order valence-electron chi connectivity index (χ2n) is 4.42. The fourth-order valence-electron chi connectivity index (χ4n) is 2.29. The molecule has 0 spiro atoms. The molecule has 1 aliphatic rings. The van der Waals surface area contributed by atoms with Crippen LogP contribution in [0.4, 0.5) is 0 Å². The predicted octanol–water partition coefficient (Wildman–Crippen LogP) is 2.54. The van der Waals surface area contributed by atoms with Gasteiger partial charge in [-0.2, -0.15) is 0 Å². The van der Waals surface area contributed by atoms with E-state index in [1.807, 2.05) is 0 Å². The Kier molecular flexibility index (Phi) is 3.05.